The van der Waals surface area contributed by atoms with Gasteiger partial charge in [-0.2, -0.15) is 0 Å². The molecule has 1 fully saturated rings. The molecule has 4 aromatic rings. The molecule has 1 saturated heterocycles. The van der Waals surface area contributed by atoms with Gasteiger partial charge in [-0.1, -0.05) is 91.9 Å². The van der Waals surface area contributed by atoms with Gasteiger partial charge in [-0.25, -0.2) is 14.6 Å². The van der Waals surface area contributed by atoms with Gasteiger partial charge in [0.05, 0.1) is 31.0 Å². The first kappa shape index (κ1) is 33.2. The molecule has 0 bridgehead atoms. The summed E-state index contributed by atoms with van der Waals surface area (Å²) in [5, 5.41) is 16.0. The van der Waals surface area contributed by atoms with Crippen LogP contribution in [0.25, 0.3) is 0 Å². The standard InChI is InChI=1S/C36H39N3O6S/c1-24-31(23-46-32-10-6-7-19-37-32)44-35(45-33(24)28-15-13-27(22-40)14-16-28)29-17-11-26(12-18-29)21-38-36(42)39-30(34(41)43-2)20-25-8-4-3-5-9-25/h3-19,24,30-31,33,35,40H,20-23H2,1-2H3,(H2,38,39,42)/t24-,30+,31+,33+,35+/m1/s1. The maximum Gasteiger partial charge on any atom is 0.328 e. The van der Waals surface area contributed by atoms with Gasteiger partial charge in [-0.05, 0) is 34.4 Å². The van der Waals surface area contributed by atoms with Crippen molar-refractivity contribution in [2.24, 2.45) is 5.92 Å². The predicted molar refractivity (Wildman–Crippen MR) is 176 cm³/mol. The summed E-state index contributed by atoms with van der Waals surface area (Å²) in [6.07, 6.45) is 1.18. The number of thioether (sulfide) groups is 1. The van der Waals surface area contributed by atoms with Crippen molar-refractivity contribution >= 4 is 23.8 Å². The number of amides is 2. The van der Waals surface area contributed by atoms with Gasteiger partial charge in [0.25, 0.3) is 0 Å². The number of urea groups is 1. The zero-order chi connectivity index (χ0) is 32.3. The normalized spacial score (nSPS) is 20.0. The topological polar surface area (TPSA) is 119 Å². The van der Waals surface area contributed by atoms with Crippen molar-refractivity contribution in [3.63, 3.8) is 0 Å². The van der Waals surface area contributed by atoms with E-state index in [1.807, 2.05) is 97.1 Å². The maximum absolute atomic E-state index is 12.7. The van der Waals surface area contributed by atoms with Crippen molar-refractivity contribution < 1.29 is 28.9 Å². The van der Waals surface area contributed by atoms with E-state index < -0.39 is 24.3 Å². The molecule has 1 aliphatic heterocycles. The number of aliphatic hydroxyl groups excluding tert-OH is 1. The van der Waals surface area contributed by atoms with E-state index in [0.29, 0.717) is 12.2 Å². The summed E-state index contributed by atoms with van der Waals surface area (Å²) in [5.41, 5.74) is 4.52. The minimum absolute atomic E-state index is 0.0150. The molecule has 0 spiro atoms. The van der Waals surface area contributed by atoms with Crippen molar-refractivity contribution in [3.8, 4) is 0 Å². The second-order valence-electron chi connectivity index (χ2n) is 11.1. The number of carbonyl (C=O) groups is 2. The van der Waals surface area contributed by atoms with E-state index in [2.05, 4.69) is 22.5 Å². The Morgan fingerprint density at radius 2 is 1.59 bits per heavy atom. The lowest BCUT2D eigenvalue weighted by molar-refractivity contribution is -0.268. The van der Waals surface area contributed by atoms with Crippen LogP contribution in [0.3, 0.4) is 0 Å². The van der Waals surface area contributed by atoms with E-state index in [9.17, 15) is 14.7 Å². The Kier molecular flexibility index (Phi) is 11.8. The van der Waals surface area contributed by atoms with Gasteiger partial charge in [-0.3, -0.25) is 0 Å². The smallest absolute Gasteiger partial charge is 0.328 e. The van der Waals surface area contributed by atoms with E-state index in [1.165, 1.54) is 7.11 Å². The van der Waals surface area contributed by atoms with Crippen LogP contribution in [-0.2, 0) is 38.6 Å². The minimum Gasteiger partial charge on any atom is -0.467 e. The third-order valence-corrected chi connectivity index (χ3v) is 8.97. The molecule has 2 amide bonds. The number of methoxy groups -OCH3 is 1. The van der Waals surface area contributed by atoms with Crippen LogP contribution in [0.4, 0.5) is 4.79 Å². The second-order valence-corrected chi connectivity index (χ2v) is 12.2. The van der Waals surface area contributed by atoms with Crippen LogP contribution < -0.4 is 10.6 Å². The lowest BCUT2D eigenvalue weighted by Gasteiger charge is -2.41. The van der Waals surface area contributed by atoms with Crippen LogP contribution in [-0.4, -0.2) is 47.1 Å². The SMILES string of the molecule is COC(=O)[C@H](Cc1ccccc1)NC(=O)NCc1ccc([C@H]2O[C@@H](CSc3ccccn3)[C@@H](C)[C@@H](c3ccc(CO)cc3)O2)cc1. The molecular weight excluding hydrogens is 602 g/mol. The van der Waals surface area contributed by atoms with Crippen LogP contribution in [0.15, 0.2) is 108 Å². The van der Waals surface area contributed by atoms with Crippen molar-refractivity contribution in [3.05, 3.63) is 131 Å². The van der Waals surface area contributed by atoms with E-state index in [-0.39, 0.29) is 31.3 Å². The molecule has 3 N–H and O–H groups in total. The molecule has 1 aliphatic rings. The van der Waals surface area contributed by atoms with Crippen molar-refractivity contribution in [1.29, 1.82) is 0 Å². The summed E-state index contributed by atoms with van der Waals surface area (Å²) < 4.78 is 18.0. The molecule has 3 aromatic carbocycles. The van der Waals surface area contributed by atoms with Crippen LogP contribution in [0, 0.1) is 5.92 Å². The van der Waals surface area contributed by atoms with Gasteiger partial charge in [0.2, 0.25) is 0 Å². The fourth-order valence-electron chi connectivity index (χ4n) is 5.28. The molecule has 2 heterocycles. The average Bonchev–Trinajstić information content (AvgIpc) is 3.11. The maximum atomic E-state index is 12.7. The monoisotopic (exact) mass is 641 g/mol. The Balaban J connectivity index is 1.23. The molecule has 46 heavy (non-hydrogen) atoms. The number of aromatic nitrogens is 1. The molecule has 5 atom stereocenters. The summed E-state index contributed by atoms with van der Waals surface area (Å²) in [6.45, 7) is 2.38. The van der Waals surface area contributed by atoms with E-state index in [0.717, 1.165) is 32.8 Å². The molecule has 5 rings (SSSR count). The molecule has 240 valence electrons. The third-order valence-electron chi connectivity index (χ3n) is 7.94. The van der Waals surface area contributed by atoms with Gasteiger partial charge in [0.15, 0.2) is 6.29 Å². The summed E-state index contributed by atoms with van der Waals surface area (Å²) in [6, 6.07) is 29.6. The largest absolute Gasteiger partial charge is 0.467 e. The number of nitrogens with one attached hydrogen (secondary N) is 2. The number of hydrogen-bond donors (Lipinski definition) is 3. The zero-order valence-corrected chi connectivity index (χ0v) is 26.7. The molecule has 10 heteroatoms. The second kappa shape index (κ2) is 16.4. The first-order chi connectivity index (χ1) is 22.4. The lowest BCUT2D eigenvalue weighted by atomic mass is 9.91. The Morgan fingerprint density at radius 1 is 0.891 bits per heavy atom. The number of pyridine rings is 1. The molecule has 1 aromatic heterocycles. The molecule has 9 nitrogen and oxygen atoms in total. The summed E-state index contributed by atoms with van der Waals surface area (Å²) in [4.78, 5) is 29.5. The third kappa shape index (κ3) is 8.95. The quantitative estimate of drug-likeness (QED) is 0.132. The average molecular weight is 642 g/mol. The van der Waals surface area contributed by atoms with Crippen LogP contribution in [0.5, 0.6) is 0 Å². The number of nitrogens with zero attached hydrogens (tertiary/aromatic N) is 1. The lowest BCUT2D eigenvalue weighted by Crippen LogP contribution is -2.47. The Morgan fingerprint density at radius 3 is 2.26 bits per heavy atom. The first-order valence-electron chi connectivity index (χ1n) is 15.2. The summed E-state index contributed by atoms with van der Waals surface area (Å²) in [5.74, 6) is 0.256. The Labute approximate surface area is 273 Å². The minimum atomic E-state index is -0.811. The highest BCUT2D eigenvalue weighted by atomic mass is 32.2. The Hall–Kier alpha value is -4.22. The molecular formula is C36H39N3O6S. The fraction of sp³-hybridized carbons (Fsp3) is 0.306. The van der Waals surface area contributed by atoms with Gasteiger partial charge in [0, 0.05) is 36.4 Å². The van der Waals surface area contributed by atoms with Crippen molar-refractivity contribution in [2.45, 2.75) is 56.1 Å². The summed E-state index contributed by atoms with van der Waals surface area (Å²) in [7, 11) is 1.30. The van der Waals surface area contributed by atoms with Crippen LogP contribution in [0.2, 0.25) is 0 Å². The molecule has 0 saturated carbocycles. The van der Waals surface area contributed by atoms with Gasteiger partial charge in [-0.15, -0.1) is 11.8 Å². The highest BCUT2D eigenvalue weighted by molar-refractivity contribution is 7.99. The highest BCUT2D eigenvalue weighted by Crippen LogP contribution is 2.42. The van der Waals surface area contributed by atoms with Gasteiger partial charge in [0.1, 0.15) is 6.04 Å². The number of esters is 1. The first-order valence-corrected chi connectivity index (χ1v) is 16.2. The number of ether oxygens (including phenoxy) is 3. The molecule has 0 unspecified atom stereocenters. The van der Waals surface area contributed by atoms with E-state index in [4.69, 9.17) is 14.2 Å². The number of hydrogen-bond acceptors (Lipinski definition) is 8. The number of aliphatic hydroxyl groups is 1. The van der Waals surface area contributed by atoms with Gasteiger partial charge >= 0.3 is 12.0 Å². The number of rotatable bonds is 12. The summed E-state index contributed by atoms with van der Waals surface area (Å²) >= 11 is 1.65. The number of carbonyl (C=O) groups excluding carboxylic acids is 2. The molecule has 0 aliphatic carbocycles. The predicted octanol–water partition coefficient (Wildman–Crippen LogP) is 5.74. The highest BCUT2D eigenvalue weighted by Gasteiger charge is 2.38. The van der Waals surface area contributed by atoms with Gasteiger partial charge < -0.3 is 30.0 Å². The van der Waals surface area contributed by atoms with Crippen molar-refractivity contribution in [1.82, 2.24) is 15.6 Å². The number of benzene rings is 3. The molecule has 0 radical (unpaired) electrons. The Bertz CT molecular complexity index is 1540. The van der Waals surface area contributed by atoms with E-state index in [1.54, 1.807) is 18.0 Å². The zero-order valence-electron chi connectivity index (χ0n) is 25.9. The van der Waals surface area contributed by atoms with Crippen LogP contribution in [0.1, 0.15) is 47.1 Å². The fourth-order valence-corrected chi connectivity index (χ4v) is 6.31. The van der Waals surface area contributed by atoms with E-state index >= 15 is 0 Å². The van der Waals surface area contributed by atoms with Crippen molar-refractivity contribution in [2.75, 3.05) is 12.9 Å². The van der Waals surface area contributed by atoms with Crippen LogP contribution >= 0.6 is 11.8 Å².